The Morgan fingerprint density at radius 2 is 2.08 bits per heavy atom. The van der Waals surface area contributed by atoms with E-state index in [1.165, 1.54) is 0 Å². The van der Waals surface area contributed by atoms with Gasteiger partial charge in [-0.2, -0.15) is 15.2 Å². The summed E-state index contributed by atoms with van der Waals surface area (Å²) in [5.74, 6) is 2.05. The lowest BCUT2D eigenvalue weighted by molar-refractivity contribution is 0.0391. The largest absolute Gasteiger partial charge is 0.450 e. The van der Waals surface area contributed by atoms with E-state index in [9.17, 15) is 5.11 Å². The number of rotatable bonds is 6. The molecule has 0 aliphatic carbocycles. The van der Waals surface area contributed by atoms with Crippen molar-refractivity contribution in [2.24, 2.45) is 7.05 Å². The van der Waals surface area contributed by atoms with Crippen LogP contribution in [-0.4, -0.2) is 63.3 Å². The summed E-state index contributed by atoms with van der Waals surface area (Å²) in [6.45, 7) is 6.94. The first-order chi connectivity index (χ1) is 18.2. The number of aryl methyl sites for hydroxylation is 1. The van der Waals surface area contributed by atoms with Crippen molar-refractivity contribution in [3.05, 3.63) is 47.8 Å². The van der Waals surface area contributed by atoms with Crippen LogP contribution in [0.3, 0.4) is 0 Å². The number of halogens is 1. The fraction of sp³-hybridized carbons (Fsp3) is 0.400. The van der Waals surface area contributed by atoms with Crippen molar-refractivity contribution in [1.29, 1.82) is 0 Å². The lowest BCUT2D eigenvalue weighted by atomic mass is 9.91. The normalized spacial score (nSPS) is 18.1. The van der Waals surface area contributed by atoms with Gasteiger partial charge in [0.2, 0.25) is 5.95 Å². The van der Waals surface area contributed by atoms with E-state index in [0.29, 0.717) is 51.6 Å². The Kier molecular flexibility index (Phi) is 5.97. The summed E-state index contributed by atoms with van der Waals surface area (Å²) >= 11 is 6.78. The molecule has 0 spiro atoms. The standard InChI is InChI=1S/C25H28ClN9O3/c1-25(2,3)19-9-20(32-35(19)14-5-8-37-18(14)13-36)30-24-31-23-22(33(24)4)21(26)17(11-28-23)38-16-12-29-34-7-6-27-10-15(16)34/h6-7,9-12,14,18,36H,5,8,13H2,1-4H3,(H,28,30,31,32). The summed E-state index contributed by atoms with van der Waals surface area (Å²) in [7, 11) is 1.85. The van der Waals surface area contributed by atoms with Crippen LogP contribution in [0.4, 0.5) is 11.8 Å². The first kappa shape index (κ1) is 24.6. The smallest absolute Gasteiger partial charge is 0.210 e. The minimum absolute atomic E-state index is 0.0452. The van der Waals surface area contributed by atoms with Gasteiger partial charge in [0.25, 0.3) is 0 Å². The number of hydrogen-bond donors (Lipinski definition) is 2. The number of aliphatic hydroxyl groups excluding tert-OH is 1. The van der Waals surface area contributed by atoms with E-state index in [-0.39, 0.29) is 24.2 Å². The molecule has 38 heavy (non-hydrogen) atoms. The Bertz CT molecular complexity index is 1630. The van der Waals surface area contributed by atoms with Gasteiger partial charge in [0.1, 0.15) is 22.2 Å². The molecule has 12 nitrogen and oxygen atoms in total. The van der Waals surface area contributed by atoms with Gasteiger partial charge in [0.15, 0.2) is 23.0 Å². The topological polar surface area (TPSA) is 129 Å². The second kappa shape index (κ2) is 9.22. The number of nitrogens with zero attached hydrogens (tertiary/aromatic N) is 8. The molecule has 1 aliphatic rings. The minimum Gasteiger partial charge on any atom is -0.450 e. The van der Waals surface area contributed by atoms with Crippen LogP contribution in [0, 0.1) is 0 Å². The maximum Gasteiger partial charge on any atom is 0.210 e. The third kappa shape index (κ3) is 4.14. The fourth-order valence-corrected chi connectivity index (χ4v) is 5.08. The number of imidazole rings is 1. The Balaban J connectivity index is 1.34. The van der Waals surface area contributed by atoms with Gasteiger partial charge in [-0.25, -0.2) is 9.50 Å². The first-order valence-corrected chi connectivity index (χ1v) is 12.7. The van der Waals surface area contributed by atoms with Crippen LogP contribution in [-0.2, 0) is 17.2 Å². The van der Waals surface area contributed by atoms with Crippen LogP contribution in [0.25, 0.3) is 16.7 Å². The van der Waals surface area contributed by atoms with Gasteiger partial charge >= 0.3 is 0 Å². The summed E-state index contributed by atoms with van der Waals surface area (Å²) in [4.78, 5) is 13.3. The lowest BCUT2D eigenvalue weighted by Crippen LogP contribution is -2.29. The highest BCUT2D eigenvalue weighted by Gasteiger charge is 2.34. The molecule has 6 heterocycles. The minimum atomic E-state index is -0.287. The average molecular weight is 538 g/mol. The zero-order valence-corrected chi connectivity index (χ0v) is 22.2. The van der Waals surface area contributed by atoms with Crippen molar-refractivity contribution >= 4 is 40.0 Å². The molecule has 0 aromatic carbocycles. The molecule has 0 saturated carbocycles. The number of fused-ring (bicyclic) bond motifs is 2. The third-order valence-electron chi connectivity index (χ3n) is 6.73. The lowest BCUT2D eigenvalue weighted by Gasteiger charge is -2.25. The van der Waals surface area contributed by atoms with Gasteiger partial charge in [-0.3, -0.25) is 9.67 Å². The Morgan fingerprint density at radius 3 is 2.87 bits per heavy atom. The van der Waals surface area contributed by atoms with Crippen molar-refractivity contribution in [3.8, 4) is 11.5 Å². The van der Waals surface area contributed by atoms with Gasteiger partial charge in [-0.15, -0.1) is 0 Å². The Labute approximate surface area is 223 Å². The summed E-state index contributed by atoms with van der Waals surface area (Å²) in [5.41, 5.74) is 2.64. The number of aromatic nitrogens is 8. The van der Waals surface area contributed by atoms with Gasteiger partial charge in [0, 0.05) is 43.2 Å². The molecule has 0 bridgehead atoms. The highest BCUT2D eigenvalue weighted by molar-refractivity contribution is 6.36. The summed E-state index contributed by atoms with van der Waals surface area (Å²) in [6, 6.07) is 1.96. The van der Waals surface area contributed by atoms with E-state index in [2.05, 4.69) is 46.1 Å². The monoisotopic (exact) mass is 537 g/mol. The van der Waals surface area contributed by atoms with Crippen LogP contribution in [0.5, 0.6) is 11.5 Å². The predicted molar refractivity (Wildman–Crippen MR) is 141 cm³/mol. The number of hydrogen-bond acceptors (Lipinski definition) is 9. The molecule has 5 aromatic heterocycles. The number of nitrogens with one attached hydrogen (secondary N) is 1. The van der Waals surface area contributed by atoms with Crippen LogP contribution < -0.4 is 10.1 Å². The van der Waals surface area contributed by atoms with E-state index >= 15 is 0 Å². The molecular formula is C25H28ClN9O3. The molecule has 1 fully saturated rings. The molecule has 2 atom stereocenters. The Morgan fingerprint density at radius 1 is 1.24 bits per heavy atom. The molecule has 0 amide bonds. The van der Waals surface area contributed by atoms with E-state index in [4.69, 9.17) is 26.2 Å². The molecule has 5 aromatic rings. The first-order valence-electron chi connectivity index (χ1n) is 12.3. The van der Waals surface area contributed by atoms with Crippen molar-refractivity contribution in [1.82, 2.24) is 38.9 Å². The van der Waals surface area contributed by atoms with Crippen LogP contribution in [0.15, 0.2) is 37.1 Å². The zero-order valence-electron chi connectivity index (χ0n) is 21.5. The van der Waals surface area contributed by atoms with Gasteiger partial charge in [-0.05, 0) is 6.42 Å². The Hall–Kier alpha value is -3.74. The molecule has 2 unspecified atom stereocenters. The summed E-state index contributed by atoms with van der Waals surface area (Å²) < 4.78 is 17.2. The zero-order chi connectivity index (χ0) is 26.6. The maximum atomic E-state index is 9.80. The number of anilines is 2. The highest BCUT2D eigenvalue weighted by Crippen LogP contribution is 2.37. The number of ether oxygens (including phenoxy) is 2. The molecule has 1 saturated heterocycles. The fourth-order valence-electron chi connectivity index (χ4n) is 4.78. The van der Waals surface area contributed by atoms with Crippen molar-refractivity contribution in [2.75, 3.05) is 18.5 Å². The molecule has 13 heteroatoms. The number of pyridine rings is 1. The molecule has 198 valence electrons. The van der Waals surface area contributed by atoms with E-state index in [1.807, 2.05) is 22.4 Å². The van der Waals surface area contributed by atoms with Gasteiger partial charge in [-0.1, -0.05) is 32.4 Å². The summed E-state index contributed by atoms with van der Waals surface area (Å²) in [5, 5.41) is 22.6. The SMILES string of the molecule is Cn1c(Nc2cc(C(C)(C)C)n(C3CCOC3CO)n2)nc2ncc(Oc3cnn4ccncc34)c(Cl)c21. The van der Waals surface area contributed by atoms with Crippen LogP contribution in [0.1, 0.15) is 38.9 Å². The van der Waals surface area contributed by atoms with Gasteiger partial charge < -0.3 is 24.5 Å². The van der Waals surface area contributed by atoms with E-state index in [0.717, 1.165) is 12.1 Å². The molecule has 0 radical (unpaired) electrons. The second-order valence-corrected chi connectivity index (χ2v) is 10.7. The summed E-state index contributed by atoms with van der Waals surface area (Å²) in [6.07, 6.45) is 8.70. The average Bonchev–Trinajstić information content (AvgIpc) is 3.67. The van der Waals surface area contributed by atoms with Crippen molar-refractivity contribution < 1.29 is 14.6 Å². The molecule has 2 N–H and O–H groups in total. The van der Waals surface area contributed by atoms with Crippen LogP contribution in [0.2, 0.25) is 5.02 Å². The van der Waals surface area contributed by atoms with Crippen LogP contribution >= 0.6 is 11.6 Å². The molecule has 1 aliphatic heterocycles. The maximum absolute atomic E-state index is 9.80. The van der Waals surface area contributed by atoms with Crippen molar-refractivity contribution in [3.63, 3.8) is 0 Å². The van der Waals surface area contributed by atoms with E-state index < -0.39 is 0 Å². The van der Waals surface area contributed by atoms with Gasteiger partial charge in [0.05, 0.1) is 31.2 Å². The predicted octanol–water partition coefficient (Wildman–Crippen LogP) is 4.02. The highest BCUT2D eigenvalue weighted by atomic mass is 35.5. The van der Waals surface area contributed by atoms with Crippen molar-refractivity contribution in [2.45, 2.75) is 44.8 Å². The number of aliphatic hydroxyl groups is 1. The quantitative estimate of drug-likeness (QED) is 0.330. The molecular weight excluding hydrogens is 510 g/mol. The van der Waals surface area contributed by atoms with E-state index in [1.54, 1.807) is 35.5 Å². The third-order valence-corrected chi connectivity index (χ3v) is 7.09. The molecule has 6 rings (SSSR count). The second-order valence-electron chi connectivity index (χ2n) is 10.3.